The first kappa shape index (κ1) is 20.4. The molecule has 3 aromatic rings. The molecule has 0 spiro atoms. The Labute approximate surface area is 186 Å². The van der Waals surface area contributed by atoms with Crippen LogP contribution in [-0.4, -0.2) is 52.9 Å². The van der Waals surface area contributed by atoms with Crippen molar-refractivity contribution in [2.24, 2.45) is 4.99 Å². The second kappa shape index (κ2) is 8.55. The molecule has 0 bridgehead atoms. The molecule has 1 saturated heterocycles. The van der Waals surface area contributed by atoms with Crippen LogP contribution in [0.1, 0.15) is 28.3 Å². The third-order valence-corrected chi connectivity index (χ3v) is 6.36. The fourth-order valence-electron chi connectivity index (χ4n) is 4.70. The van der Waals surface area contributed by atoms with Crippen molar-refractivity contribution >= 4 is 17.5 Å². The summed E-state index contributed by atoms with van der Waals surface area (Å²) in [5, 5.41) is 9.41. The molecule has 2 aliphatic heterocycles. The second-order valence-corrected chi connectivity index (χ2v) is 8.19. The molecule has 0 aromatic heterocycles. The van der Waals surface area contributed by atoms with Gasteiger partial charge in [0.2, 0.25) is 0 Å². The van der Waals surface area contributed by atoms with E-state index in [1.807, 2.05) is 66.7 Å². The molecule has 3 aromatic carbocycles. The van der Waals surface area contributed by atoms with Crippen LogP contribution < -0.4 is 0 Å². The number of amides is 1. The summed E-state index contributed by atoms with van der Waals surface area (Å²) < 4.78 is 15.7. The molecule has 0 radical (unpaired) electrons. The van der Waals surface area contributed by atoms with Crippen LogP contribution in [0.25, 0.3) is 0 Å². The number of aliphatic imine (C=N–C) groups is 1. The van der Waals surface area contributed by atoms with Gasteiger partial charge in [-0.25, -0.2) is 14.2 Å². The summed E-state index contributed by atoms with van der Waals surface area (Å²) in [5.74, 6) is -0.307. The van der Waals surface area contributed by atoms with Crippen molar-refractivity contribution in [3.63, 3.8) is 0 Å². The highest BCUT2D eigenvalue weighted by Crippen LogP contribution is 2.37. The Morgan fingerprint density at radius 2 is 1.56 bits per heavy atom. The predicted octanol–water partition coefficient (Wildman–Crippen LogP) is 4.89. The van der Waals surface area contributed by atoms with Gasteiger partial charge in [0.1, 0.15) is 0 Å². The maximum atomic E-state index is 15.7. The van der Waals surface area contributed by atoms with E-state index in [1.54, 1.807) is 6.07 Å². The molecule has 6 heteroatoms. The van der Waals surface area contributed by atoms with E-state index >= 15 is 4.39 Å². The smallest absolute Gasteiger partial charge is 0.407 e. The molecule has 32 heavy (non-hydrogen) atoms. The first-order valence-electron chi connectivity index (χ1n) is 10.8. The number of benzene rings is 3. The third kappa shape index (κ3) is 3.78. The fourth-order valence-corrected chi connectivity index (χ4v) is 4.70. The Balaban J connectivity index is 1.56. The van der Waals surface area contributed by atoms with Gasteiger partial charge in [0.25, 0.3) is 0 Å². The van der Waals surface area contributed by atoms with Crippen molar-refractivity contribution in [1.29, 1.82) is 0 Å². The number of rotatable bonds is 3. The summed E-state index contributed by atoms with van der Waals surface area (Å²) in [5.41, 5.74) is 4.40. The average Bonchev–Trinajstić information content (AvgIpc) is 2.84. The molecule has 0 saturated carbocycles. The lowest BCUT2D eigenvalue weighted by Gasteiger charge is -2.44. The first-order valence-corrected chi connectivity index (χ1v) is 10.8. The molecule has 0 unspecified atom stereocenters. The van der Waals surface area contributed by atoms with E-state index in [-0.39, 0.29) is 11.9 Å². The van der Waals surface area contributed by atoms with E-state index in [2.05, 4.69) is 4.90 Å². The van der Waals surface area contributed by atoms with Crippen molar-refractivity contribution in [2.75, 3.05) is 26.2 Å². The summed E-state index contributed by atoms with van der Waals surface area (Å²) in [6.07, 6.45) is -0.325. The Morgan fingerprint density at radius 1 is 0.906 bits per heavy atom. The topological polar surface area (TPSA) is 56.1 Å². The van der Waals surface area contributed by atoms with Crippen molar-refractivity contribution in [3.8, 4) is 0 Å². The molecule has 2 heterocycles. The second-order valence-electron chi connectivity index (χ2n) is 8.19. The number of nitrogens with zero attached hydrogens (tertiary/aromatic N) is 3. The average molecular weight is 429 g/mol. The van der Waals surface area contributed by atoms with Crippen molar-refractivity contribution in [3.05, 3.63) is 101 Å². The highest BCUT2D eigenvalue weighted by molar-refractivity contribution is 6.13. The van der Waals surface area contributed by atoms with Crippen LogP contribution in [0.4, 0.5) is 14.9 Å². The van der Waals surface area contributed by atoms with Crippen LogP contribution in [0, 0.1) is 5.82 Å². The molecular weight excluding hydrogens is 405 g/mol. The van der Waals surface area contributed by atoms with Gasteiger partial charge < -0.3 is 10.0 Å². The zero-order chi connectivity index (χ0) is 22.1. The number of hydrogen-bond donors (Lipinski definition) is 1. The van der Waals surface area contributed by atoms with Crippen LogP contribution >= 0.6 is 0 Å². The minimum Gasteiger partial charge on any atom is -0.465 e. The maximum Gasteiger partial charge on any atom is 0.407 e. The molecule has 2 aliphatic rings. The van der Waals surface area contributed by atoms with Gasteiger partial charge in [-0.2, -0.15) is 0 Å². The van der Waals surface area contributed by atoms with Crippen LogP contribution in [0.15, 0.2) is 77.8 Å². The lowest BCUT2D eigenvalue weighted by molar-refractivity contribution is 0.0629. The minimum absolute atomic E-state index is 0.112. The van der Waals surface area contributed by atoms with E-state index in [1.165, 1.54) is 4.90 Å². The first-order chi connectivity index (χ1) is 15.6. The summed E-state index contributed by atoms with van der Waals surface area (Å²) >= 11 is 0. The SMILES string of the molecule is O=C(O)N1CCN2CCc3c(ccc(N=C(c4ccccc4)c4ccccc4)c3F)[C@H]2C1. The molecule has 5 nitrogen and oxygen atoms in total. The fraction of sp³-hybridized carbons (Fsp3) is 0.231. The van der Waals surface area contributed by atoms with E-state index < -0.39 is 6.09 Å². The summed E-state index contributed by atoms with van der Waals surface area (Å²) in [6, 6.07) is 23.1. The highest BCUT2D eigenvalue weighted by Gasteiger charge is 2.35. The van der Waals surface area contributed by atoms with Gasteiger partial charge in [-0.3, -0.25) is 4.90 Å². The highest BCUT2D eigenvalue weighted by atomic mass is 19.1. The van der Waals surface area contributed by atoms with Gasteiger partial charge in [-0.1, -0.05) is 66.7 Å². The molecule has 5 rings (SSSR count). The minimum atomic E-state index is -0.922. The van der Waals surface area contributed by atoms with E-state index in [0.717, 1.165) is 28.9 Å². The van der Waals surface area contributed by atoms with E-state index in [9.17, 15) is 9.90 Å². The van der Waals surface area contributed by atoms with Gasteiger partial charge in [0, 0.05) is 37.3 Å². The van der Waals surface area contributed by atoms with E-state index in [4.69, 9.17) is 4.99 Å². The summed E-state index contributed by atoms with van der Waals surface area (Å²) in [7, 11) is 0. The van der Waals surface area contributed by atoms with Crippen LogP contribution in [0.2, 0.25) is 0 Å². The zero-order valence-corrected chi connectivity index (χ0v) is 17.6. The van der Waals surface area contributed by atoms with Crippen LogP contribution in [0.5, 0.6) is 0 Å². The molecular formula is C26H24FN3O2. The summed E-state index contributed by atoms with van der Waals surface area (Å²) in [4.78, 5) is 19.9. The van der Waals surface area contributed by atoms with E-state index in [0.29, 0.717) is 37.3 Å². The van der Waals surface area contributed by atoms with Crippen LogP contribution in [-0.2, 0) is 6.42 Å². The van der Waals surface area contributed by atoms with Gasteiger partial charge in [0.15, 0.2) is 5.82 Å². The molecule has 1 atom stereocenters. The molecule has 1 N–H and O–H groups in total. The Kier molecular flexibility index (Phi) is 5.45. The Hall–Kier alpha value is -3.51. The number of hydrogen-bond acceptors (Lipinski definition) is 3. The van der Waals surface area contributed by atoms with Crippen molar-refractivity contribution < 1.29 is 14.3 Å². The lowest BCUT2D eigenvalue weighted by atomic mass is 9.90. The summed E-state index contributed by atoms with van der Waals surface area (Å²) in [6.45, 7) is 2.25. The predicted molar refractivity (Wildman–Crippen MR) is 122 cm³/mol. The van der Waals surface area contributed by atoms with Crippen LogP contribution in [0.3, 0.4) is 0 Å². The monoisotopic (exact) mass is 429 g/mol. The molecule has 162 valence electrons. The molecule has 1 fully saturated rings. The van der Waals surface area contributed by atoms with Gasteiger partial charge >= 0.3 is 6.09 Å². The lowest BCUT2D eigenvalue weighted by Crippen LogP contribution is -2.52. The standard InChI is InChI=1S/C26H24FN3O2/c27-24-21-13-14-29-15-16-30(26(31)32)17-23(29)20(21)11-12-22(24)28-25(18-7-3-1-4-8-18)19-9-5-2-6-10-19/h1-12,23H,13-17H2,(H,31,32)/t23-/m1/s1. The number of halogens is 1. The largest absolute Gasteiger partial charge is 0.465 e. The number of carboxylic acid groups (broad SMARTS) is 1. The van der Waals surface area contributed by atoms with Crippen molar-refractivity contribution in [1.82, 2.24) is 9.80 Å². The Bertz CT molecular complexity index is 1120. The van der Waals surface area contributed by atoms with Gasteiger partial charge in [-0.15, -0.1) is 0 Å². The molecule has 1 amide bonds. The zero-order valence-electron chi connectivity index (χ0n) is 17.6. The Morgan fingerprint density at radius 3 is 2.19 bits per heavy atom. The number of piperazine rings is 1. The third-order valence-electron chi connectivity index (χ3n) is 6.36. The normalized spacial score (nSPS) is 17.9. The maximum absolute atomic E-state index is 15.7. The van der Waals surface area contributed by atoms with Gasteiger partial charge in [-0.05, 0) is 23.6 Å². The molecule has 0 aliphatic carbocycles. The quantitative estimate of drug-likeness (QED) is 0.604. The number of carbonyl (C=O) groups is 1. The van der Waals surface area contributed by atoms with Gasteiger partial charge in [0.05, 0.1) is 17.4 Å². The van der Waals surface area contributed by atoms with Crippen molar-refractivity contribution in [2.45, 2.75) is 12.5 Å². The number of fused-ring (bicyclic) bond motifs is 3.